The van der Waals surface area contributed by atoms with Crippen LogP contribution in [0.4, 0.5) is 0 Å². The monoisotopic (exact) mass is 462 g/mol. The molecule has 0 amide bonds. The summed E-state index contributed by atoms with van der Waals surface area (Å²) in [7, 11) is 3.53. The van der Waals surface area contributed by atoms with Crippen molar-refractivity contribution in [3.05, 3.63) is 29.3 Å². The van der Waals surface area contributed by atoms with Crippen molar-refractivity contribution in [1.82, 2.24) is 15.5 Å². The largest absolute Gasteiger partial charge is 0.496 e. The first-order chi connectivity index (χ1) is 11.5. The van der Waals surface area contributed by atoms with Crippen LogP contribution in [-0.2, 0) is 6.42 Å². The molecule has 0 radical (unpaired) electrons. The third-order valence-corrected chi connectivity index (χ3v) is 4.17. The van der Waals surface area contributed by atoms with E-state index in [1.165, 1.54) is 11.1 Å². The highest BCUT2D eigenvalue weighted by Crippen LogP contribution is 2.19. The maximum absolute atomic E-state index is 5.43. The van der Waals surface area contributed by atoms with Crippen molar-refractivity contribution in [3.63, 3.8) is 0 Å². The fourth-order valence-electron chi connectivity index (χ4n) is 2.74. The third kappa shape index (κ3) is 8.76. The van der Waals surface area contributed by atoms with Crippen LogP contribution in [0, 0.1) is 6.92 Å². The van der Waals surface area contributed by atoms with E-state index in [-0.39, 0.29) is 24.0 Å². The average molecular weight is 462 g/mol. The molecule has 0 saturated carbocycles. The number of benzene rings is 1. The van der Waals surface area contributed by atoms with Gasteiger partial charge in [-0.3, -0.25) is 9.89 Å². The maximum Gasteiger partial charge on any atom is 0.191 e. The number of likely N-dealkylation sites (N-methyl/N-ethyl adjacent to an activating group) is 1. The van der Waals surface area contributed by atoms with Gasteiger partial charge in [0, 0.05) is 32.7 Å². The summed E-state index contributed by atoms with van der Waals surface area (Å²) in [5, 5.41) is 6.76. The summed E-state index contributed by atoms with van der Waals surface area (Å²) in [4.78, 5) is 6.72. The van der Waals surface area contributed by atoms with Crippen LogP contribution in [0.15, 0.2) is 23.2 Å². The van der Waals surface area contributed by atoms with Gasteiger partial charge in [-0.2, -0.15) is 0 Å². The van der Waals surface area contributed by atoms with Crippen LogP contribution in [0.2, 0.25) is 0 Å². The second-order valence-electron chi connectivity index (χ2n) is 6.21. The Hall–Kier alpha value is -1.02. The standard InChI is InChI=1S/C19H34N4O.HI/c1-7-23(15(2)3)13-12-22-19(20-5)21-11-10-17-14-16(4)8-9-18(17)24-6;/h8-9,14-15H,7,10-13H2,1-6H3,(H2,20,21,22);1H. The summed E-state index contributed by atoms with van der Waals surface area (Å²) >= 11 is 0. The van der Waals surface area contributed by atoms with E-state index in [9.17, 15) is 0 Å². The molecule has 0 fully saturated rings. The fourth-order valence-corrected chi connectivity index (χ4v) is 2.74. The SMILES string of the molecule is CCN(CCNC(=NC)NCCc1cc(C)ccc1OC)C(C)C.I. The van der Waals surface area contributed by atoms with Crippen LogP contribution in [0.3, 0.4) is 0 Å². The molecule has 2 N–H and O–H groups in total. The number of hydrogen-bond donors (Lipinski definition) is 2. The van der Waals surface area contributed by atoms with Gasteiger partial charge in [0.25, 0.3) is 0 Å². The van der Waals surface area contributed by atoms with E-state index in [2.05, 4.69) is 60.4 Å². The van der Waals surface area contributed by atoms with Crippen LogP contribution in [0.5, 0.6) is 5.75 Å². The van der Waals surface area contributed by atoms with E-state index in [0.29, 0.717) is 6.04 Å². The van der Waals surface area contributed by atoms with Gasteiger partial charge in [0.1, 0.15) is 5.75 Å². The Morgan fingerprint density at radius 1 is 1.24 bits per heavy atom. The predicted molar refractivity (Wildman–Crippen MR) is 119 cm³/mol. The Labute approximate surface area is 170 Å². The summed E-state index contributed by atoms with van der Waals surface area (Å²) in [6.07, 6.45) is 0.901. The predicted octanol–water partition coefficient (Wildman–Crippen LogP) is 3.06. The summed E-state index contributed by atoms with van der Waals surface area (Å²) in [6, 6.07) is 6.85. The number of aliphatic imine (C=N–C) groups is 1. The fraction of sp³-hybridized carbons (Fsp3) is 0.632. The van der Waals surface area contributed by atoms with Crippen LogP contribution in [0.1, 0.15) is 31.9 Å². The molecule has 0 aliphatic carbocycles. The van der Waals surface area contributed by atoms with E-state index < -0.39 is 0 Å². The van der Waals surface area contributed by atoms with Crippen molar-refractivity contribution in [2.45, 2.75) is 40.2 Å². The molecule has 6 heteroatoms. The van der Waals surface area contributed by atoms with Gasteiger partial charge in [0.2, 0.25) is 0 Å². The molecule has 0 spiro atoms. The molecule has 0 atom stereocenters. The molecule has 5 nitrogen and oxygen atoms in total. The summed E-state index contributed by atoms with van der Waals surface area (Å²) in [6.45, 7) is 12.5. The zero-order chi connectivity index (χ0) is 17.9. The number of ether oxygens (including phenoxy) is 1. The molecule has 0 bridgehead atoms. The van der Waals surface area contributed by atoms with E-state index in [1.807, 2.05) is 13.1 Å². The smallest absolute Gasteiger partial charge is 0.191 e. The Morgan fingerprint density at radius 2 is 1.92 bits per heavy atom. The van der Waals surface area contributed by atoms with Gasteiger partial charge in [0.05, 0.1) is 7.11 Å². The molecule has 1 aromatic rings. The van der Waals surface area contributed by atoms with Gasteiger partial charge in [-0.05, 0) is 45.4 Å². The lowest BCUT2D eigenvalue weighted by atomic mass is 10.1. The molecule has 0 aromatic heterocycles. The summed E-state index contributed by atoms with van der Waals surface area (Å²) in [5.74, 6) is 1.79. The Balaban J connectivity index is 0.00000576. The van der Waals surface area contributed by atoms with Gasteiger partial charge >= 0.3 is 0 Å². The van der Waals surface area contributed by atoms with Crippen molar-refractivity contribution < 1.29 is 4.74 Å². The van der Waals surface area contributed by atoms with Gasteiger partial charge in [-0.25, -0.2) is 0 Å². The Morgan fingerprint density at radius 3 is 2.48 bits per heavy atom. The highest BCUT2D eigenvalue weighted by molar-refractivity contribution is 14.0. The molecule has 144 valence electrons. The quantitative estimate of drug-likeness (QED) is 0.337. The number of hydrogen-bond acceptors (Lipinski definition) is 3. The number of methoxy groups -OCH3 is 1. The maximum atomic E-state index is 5.43. The molecular formula is C19H35IN4O. The normalized spacial score (nSPS) is 11.4. The highest BCUT2D eigenvalue weighted by atomic mass is 127. The number of aryl methyl sites for hydroxylation is 1. The lowest BCUT2D eigenvalue weighted by Gasteiger charge is -2.25. The number of nitrogens with one attached hydrogen (secondary N) is 2. The zero-order valence-corrected chi connectivity index (χ0v) is 18.9. The number of halogens is 1. The second kappa shape index (κ2) is 13.2. The lowest BCUT2D eigenvalue weighted by molar-refractivity contribution is 0.237. The van der Waals surface area contributed by atoms with Gasteiger partial charge in [-0.1, -0.05) is 24.6 Å². The van der Waals surface area contributed by atoms with Crippen LogP contribution in [-0.4, -0.2) is 57.2 Å². The first kappa shape index (κ1) is 24.0. The van der Waals surface area contributed by atoms with Crippen molar-refractivity contribution in [1.29, 1.82) is 0 Å². The van der Waals surface area contributed by atoms with E-state index >= 15 is 0 Å². The molecule has 0 heterocycles. The Bertz CT molecular complexity index is 520. The molecule has 0 unspecified atom stereocenters. The number of nitrogens with zero attached hydrogens (tertiary/aromatic N) is 2. The van der Waals surface area contributed by atoms with Gasteiger partial charge in [0.15, 0.2) is 5.96 Å². The van der Waals surface area contributed by atoms with Crippen molar-refractivity contribution >= 4 is 29.9 Å². The van der Waals surface area contributed by atoms with E-state index in [4.69, 9.17) is 4.74 Å². The van der Waals surface area contributed by atoms with Crippen molar-refractivity contribution in [2.24, 2.45) is 4.99 Å². The second-order valence-corrected chi connectivity index (χ2v) is 6.21. The highest BCUT2D eigenvalue weighted by Gasteiger charge is 2.07. The number of rotatable bonds is 9. The Kier molecular flexibility index (Phi) is 12.7. The minimum Gasteiger partial charge on any atom is -0.496 e. The molecule has 0 saturated heterocycles. The number of guanidine groups is 1. The minimum absolute atomic E-state index is 0. The average Bonchev–Trinajstić information content (AvgIpc) is 2.57. The van der Waals surface area contributed by atoms with E-state index in [0.717, 1.165) is 44.3 Å². The van der Waals surface area contributed by atoms with Crippen LogP contribution < -0.4 is 15.4 Å². The lowest BCUT2D eigenvalue weighted by Crippen LogP contribution is -2.43. The molecule has 1 rings (SSSR count). The first-order valence-corrected chi connectivity index (χ1v) is 8.83. The molecule has 0 aliphatic heterocycles. The van der Waals surface area contributed by atoms with Gasteiger partial charge in [-0.15, -0.1) is 24.0 Å². The summed E-state index contributed by atoms with van der Waals surface area (Å²) < 4.78 is 5.43. The minimum atomic E-state index is 0. The van der Waals surface area contributed by atoms with Crippen LogP contribution >= 0.6 is 24.0 Å². The van der Waals surface area contributed by atoms with Crippen molar-refractivity contribution in [3.8, 4) is 5.75 Å². The topological polar surface area (TPSA) is 48.9 Å². The zero-order valence-electron chi connectivity index (χ0n) is 16.6. The van der Waals surface area contributed by atoms with Gasteiger partial charge < -0.3 is 15.4 Å². The molecule has 0 aliphatic rings. The molecule has 25 heavy (non-hydrogen) atoms. The first-order valence-electron chi connectivity index (χ1n) is 8.83. The van der Waals surface area contributed by atoms with E-state index in [1.54, 1.807) is 7.11 Å². The molecular weight excluding hydrogens is 427 g/mol. The summed E-state index contributed by atoms with van der Waals surface area (Å²) in [5.41, 5.74) is 2.47. The third-order valence-electron chi connectivity index (χ3n) is 4.17. The van der Waals surface area contributed by atoms with Crippen LogP contribution in [0.25, 0.3) is 0 Å². The molecule has 1 aromatic carbocycles. The van der Waals surface area contributed by atoms with Crippen molar-refractivity contribution in [2.75, 3.05) is 40.3 Å².